The second kappa shape index (κ2) is 11.8. The third-order valence-electron chi connectivity index (χ3n) is 5.41. The Labute approximate surface area is 179 Å². The molecule has 8 heteroatoms. The average molecular weight is 429 g/mol. The topological polar surface area (TPSA) is 49.9 Å². The lowest BCUT2D eigenvalue weighted by atomic mass is 10.1. The zero-order chi connectivity index (χ0) is 22.1. The lowest BCUT2D eigenvalue weighted by molar-refractivity contribution is -0.0413. The molecule has 172 valence electrons. The molecule has 1 aliphatic heterocycles. The van der Waals surface area contributed by atoms with Crippen LogP contribution in [0.4, 0.5) is 14.6 Å². The molecule has 1 N–H and O–H groups in total. The van der Waals surface area contributed by atoms with Crippen LogP contribution in [0.3, 0.4) is 0 Å². The Morgan fingerprint density at radius 1 is 1.10 bits per heavy atom. The van der Waals surface area contributed by atoms with Crippen LogP contribution >= 0.6 is 0 Å². The van der Waals surface area contributed by atoms with Crippen molar-refractivity contribution < 1.29 is 18.3 Å². The largest absolute Gasteiger partial charge is 0.486 e. The van der Waals surface area contributed by atoms with Crippen LogP contribution in [0.5, 0.6) is 5.75 Å². The first-order valence-electron chi connectivity index (χ1n) is 11.0. The third-order valence-corrected chi connectivity index (χ3v) is 5.41. The molecule has 0 bridgehead atoms. The summed E-state index contributed by atoms with van der Waals surface area (Å²) in [5, 5.41) is 2.87. The Balaban J connectivity index is 1.73. The second-order valence-electron chi connectivity index (χ2n) is 8.66. The van der Waals surface area contributed by atoms with Gasteiger partial charge in [0, 0.05) is 38.8 Å². The van der Waals surface area contributed by atoms with E-state index in [-0.39, 0.29) is 12.1 Å². The Kier molecular flexibility index (Phi) is 9.71. The maximum Gasteiger partial charge on any atom is 0.293 e. The van der Waals surface area contributed by atoms with Gasteiger partial charge >= 0.3 is 0 Å². The molecule has 0 amide bonds. The summed E-state index contributed by atoms with van der Waals surface area (Å²) < 4.78 is 39.0. The molecule has 0 saturated carbocycles. The smallest absolute Gasteiger partial charge is 0.293 e. The first-order valence-corrected chi connectivity index (χ1v) is 11.0. The maximum absolute atomic E-state index is 14.0. The summed E-state index contributed by atoms with van der Waals surface area (Å²) in [6.45, 7) is 14.3. The highest BCUT2D eigenvalue weighted by Gasteiger charge is 2.30. The number of halogens is 2. The molecule has 1 fully saturated rings. The minimum Gasteiger partial charge on any atom is -0.486 e. The molecular formula is C22H38F2N4O2. The van der Waals surface area contributed by atoms with Gasteiger partial charge in [-0.1, -0.05) is 13.8 Å². The van der Waals surface area contributed by atoms with Gasteiger partial charge in [0.2, 0.25) is 0 Å². The summed E-state index contributed by atoms with van der Waals surface area (Å²) in [4.78, 5) is 8.99. The first kappa shape index (κ1) is 24.8. The number of alkyl halides is 2. The van der Waals surface area contributed by atoms with Gasteiger partial charge in [-0.05, 0) is 38.8 Å². The monoisotopic (exact) mass is 428 g/mol. The van der Waals surface area contributed by atoms with E-state index in [0.29, 0.717) is 11.7 Å². The van der Waals surface area contributed by atoms with Gasteiger partial charge in [0.15, 0.2) is 6.61 Å². The molecule has 1 aromatic rings. The molecule has 0 spiro atoms. The van der Waals surface area contributed by atoms with E-state index >= 15 is 0 Å². The Bertz CT molecular complexity index is 606. The fourth-order valence-electron chi connectivity index (χ4n) is 3.05. The predicted molar refractivity (Wildman–Crippen MR) is 117 cm³/mol. The first-order chi connectivity index (χ1) is 14.2. The van der Waals surface area contributed by atoms with Crippen LogP contribution in [0.15, 0.2) is 18.3 Å². The summed E-state index contributed by atoms with van der Waals surface area (Å²) in [5.41, 5.74) is 0. The minimum atomic E-state index is -2.93. The number of nitrogens with zero attached hydrogens (tertiary/aromatic N) is 3. The van der Waals surface area contributed by atoms with E-state index in [9.17, 15) is 8.78 Å². The van der Waals surface area contributed by atoms with Crippen LogP contribution in [0, 0.1) is 5.92 Å². The molecule has 0 radical (unpaired) electrons. The number of aromatic nitrogens is 1. The number of anilines is 1. The summed E-state index contributed by atoms with van der Waals surface area (Å²) in [7, 11) is 0. The molecule has 30 heavy (non-hydrogen) atoms. The highest BCUT2D eigenvalue weighted by Crippen LogP contribution is 2.20. The molecule has 1 aromatic heterocycles. The van der Waals surface area contributed by atoms with Crippen molar-refractivity contribution in [2.24, 2.45) is 5.92 Å². The van der Waals surface area contributed by atoms with Crippen molar-refractivity contribution in [2.75, 3.05) is 57.4 Å². The summed E-state index contributed by atoms with van der Waals surface area (Å²) in [6.07, 6.45) is 1.79. The van der Waals surface area contributed by atoms with Crippen molar-refractivity contribution >= 4 is 5.82 Å². The Hall–Kier alpha value is -1.51. The van der Waals surface area contributed by atoms with Gasteiger partial charge in [0.1, 0.15) is 11.6 Å². The Morgan fingerprint density at radius 2 is 1.80 bits per heavy atom. The van der Waals surface area contributed by atoms with Gasteiger partial charge in [0.05, 0.1) is 25.5 Å². The van der Waals surface area contributed by atoms with Crippen LogP contribution in [-0.4, -0.2) is 80.4 Å². The summed E-state index contributed by atoms with van der Waals surface area (Å²) in [6, 6.07) is 3.58. The van der Waals surface area contributed by atoms with Crippen molar-refractivity contribution in [1.29, 1.82) is 0 Å². The number of ether oxygens (including phenoxy) is 2. The van der Waals surface area contributed by atoms with E-state index in [1.54, 1.807) is 6.07 Å². The second-order valence-corrected chi connectivity index (χ2v) is 8.66. The van der Waals surface area contributed by atoms with Crippen molar-refractivity contribution in [2.45, 2.75) is 52.7 Å². The predicted octanol–water partition coefficient (Wildman–Crippen LogP) is 3.28. The zero-order valence-electron chi connectivity index (χ0n) is 19.0. The van der Waals surface area contributed by atoms with Crippen molar-refractivity contribution in [3.63, 3.8) is 0 Å². The van der Waals surface area contributed by atoms with Gasteiger partial charge in [-0.3, -0.25) is 4.90 Å². The number of pyridine rings is 1. The molecule has 1 saturated heterocycles. The van der Waals surface area contributed by atoms with Gasteiger partial charge in [0.25, 0.3) is 5.92 Å². The van der Waals surface area contributed by atoms with Gasteiger partial charge in [-0.25, -0.2) is 13.8 Å². The summed E-state index contributed by atoms with van der Waals surface area (Å²) in [5.74, 6) is -1.43. The quantitative estimate of drug-likeness (QED) is 0.551. The van der Waals surface area contributed by atoms with E-state index in [1.165, 1.54) is 6.20 Å². The van der Waals surface area contributed by atoms with Crippen LogP contribution in [0.1, 0.15) is 34.6 Å². The average Bonchev–Trinajstić information content (AvgIpc) is 2.71. The van der Waals surface area contributed by atoms with Crippen LogP contribution < -0.4 is 15.0 Å². The molecular weight excluding hydrogens is 390 g/mol. The maximum atomic E-state index is 14.0. The lowest BCUT2D eigenvalue weighted by Crippen LogP contribution is -2.47. The molecule has 2 rings (SSSR count). The molecule has 2 heterocycles. The number of piperazine rings is 1. The van der Waals surface area contributed by atoms with Gasteiger partial charge < -0.3 is 19.7 Å². The van der Waals surface area contributed by atoms with E-state index in [4.69, 9.17) is 9.47 Å². The fraction of sp³-hybridized carbons (Fsp3) is 0.773. The summed E-state index contributed by atoms with van der Waals surface area (Å²) >= 11 is 0. The van der Waals surface area contributed by atoms with E-state index in [0.717, 1.165) is 45.1 Å². The molecule has 0 aromatic carbocycles. The molecule has 6 nitrogen and oxygen atoms in total. The SMILES string of the molecule is CC(C)OCCN1CCN(c2ccc(OCC(F)(F)CN[C@@H](C)C(C)C)cn2)CC1. The van der Waals surface area contributed by atoms with Crippen LogP contribution in [-0.2, 0) is 4.74 Å². The number of nitrogens with one attached hydrogen (secondary N) is 1. The van der Waals surface area contributed by atoms with Gasteiger partial charge in [-0.2, -0.15) is 0 Å². The Morgan fingerprint density at radius 3 is 2.37 bits per heavy atom. The van der Waals surface area contributed by atoms with Crippen LogP contribution in [0.2, 0.25) is 0 Å². The minimum absolute atomic E-state index is 0.0278. The number of hydrogen-bond donors (Lipinski definition) is 1. The van der Waals surface area contributed by atoms with Gasteiger partial charge in [-0.15, -0.1) is 0 Å². The highest BCUT2D eigenvalue weighted by atomic mass is 19.3. The number of hydrogen-bond acceptors (Lipinski definition) is 6. The van der Waals surface area contributed by atoms with E-state index < -0.39 is 19.1 Å². The van der Waals surface area contributed by atoms with Crippen LogP contribution in [0.25, 0.3) is 0 Å². The highest BCUT2D eigenvalue weighted by molar-refractivity contribution is 5.41. The molecule has 0 unspecified atom stereocenters. The molecule has 0 aliphatic carbocycles. The molecule has 1 aliphatic rings. The number of rotatable bonds is 12. The zero-order valence-corrected chi connectivity index (χ0v) is 19.0. The van der Waals surface area contributed by atoms with Crippen molar-refractivity contribution in [3.05, 3.63) is 18.3 Å². The fourth-order valence-corrected chi connectivity index (χ4v) is 3.05. The van der Waals surface area contributed by atoms with Crippen molar-refractivity contribution in [3.8, 4) is 5.75 Å². The normalized spacial score (nSPS) is 17.0. The van der Waals surface area contributed by atoms with E-state index in [2.05, 4.69) is 20.1 Å². The van der Waals surface area contributed by atoms with E-state index in [1.807, 2.05) is 40.7 Å². The van der Waals surface area contributed by atoms with Crippen molar-refractivity contribution in [1.82, 2.24) is 15.2 Å². The molecule has 1 atom stereocenters. The lowest BCUT2D eigenvalue weighted by Gasteiger charge is -2.35. The third kappa shape index (κ3) is 8.70. The standard InChI is InChI=1S/C22H38F2N4O2/c1-17(2)19(5)26-15-22(23,24)16-30-20-6-7-21(25-14-20)28-10-8-27(9-11-28)12-13-29-18(3)4/h6-7,14,17-19,26H,8-13,15-16H2,1-5H3/t19-/m0/s1.